The number of benzene rings is 1. The van der Waals surface area contributed by atoms with Crippen molar-refractivity contribution >= 4 is 23.3 Å². The van der Waals surface area contributed by atoms with E-state index in [2.05, 4.69) is 15.3 Å². The van der Waals surface area contributed by atoms with Gasteiger partial charge in [0.05, 0.1) is 5.69 Å². The maximum Gasteiger partial charge on any atom is 0.271 e. The minimum Gasteiger partial charge on any atom is -0.355 e. The third-order valence-electron chi connectivity index (χ3n) is 5.73. The minimum absolute atomic E-state index is 0.0654. The Kier molecular flexibility index (Phi) is 5.67. The Bertz CT molecular complexity index is 899. The van der Waals surface area contributed by atoms with Gasteiger partial charge in [-0.3, -0.25) is 9.59 Å². The van der Waals surface area contributed by atoms with Crippen molar-refractivity contribution in [2.24, 2.45) is 5.92 Å². The number of carbonyl (C=O) groups excluding carboxylic acids is 1. The number of hydrogen-bond donors (Lipinski definition) is 1. The van der Waals surface area contributed by atoms with Gasteiger partial charge in [0.2, 0.25) is 5.91 Å². The average molecular weight is 401 g/mol. The third kappa shape index (κ3) is 4.22. The predicted molar refractivity (Wildman–Crippen MR) is 110 cm³/mol. The number of piperidine rings is 1. The third-order valence-corrected chi connectivity index (χ3v) is 5.97. The Morgan fingerprint density at radius 2 is 1.82 bits per heavy atom. The van der Waals surface area contributed by atoms with Crippen LogP contribution < -0.4 is 15.8 Å². The molecule has 28 heavy (non-hydrogen) atoms. The Morgan fingerprint density at radius 3 is 2.54 bits per heavy atom. The monoisotopic (exact) mass is 400 g/mol. The van der Waals surface area contributed by atoms with Crippen LogP contribution in [0.2, 0.25) is 5.02 Å². The molecular weight excluding hydrogens is 376 g/mol. The van der Waals surface area contributed by atoms with E-state index in [1.54, 1.807) is 24.3 Å². The molecule has 1 amide bonds. The second-order valence-corrected chi connectivity index (χ2v) is 8.11. The first-order valence-electron chi connectivity index (χ1n) is 10.0. The van der Waals surface area contributed by atoms with Gasteiger partial charge in [0.25, 0.3) is 5.56 Å². The first kappa shape index (κ1) is 19.0. The second kappa shape index (κ2) is 8.35. The normalized spacial score (nSPS) is 18.4. The number of halogens is 1. The standard InChI is InChI=1S/C21H25ClN4O2/c22-16-4-3-7-18(14-16)26-20(27)9-8-19(24-26)25-12-10-15(11-13-25)21(28)23-17-5-1-2-6-17/h3-4,7-9,14-15,17H,1-2,5-6,10-13H2,(H,23,28). The summed E-state index contributed by atoms with van der Waals surface area (Å²) >= 11 is 6.05. The number of rotatable bonds is 4. The van der Waals surface area contributed by atoms with Crippen molar-refractivity contribution in [1.29, 1.82) is 0 Å². The van der Waals surface area contributed by atoms with Gasteiger partial charge in [-0.2, -0.15) is 4.68 Å². The number of hydrogen-bond acceptors (Lipinski definition) is 4. The maximum absolute atomic E-state index is 12.5. The minimum atomic E-state index is -0.197. The highest BCUT2D eigenvalue weighted by atomic mass is 35.5. The lowest BCUT2D eigenvalue weighted by molar-refractivity contribution is -0.126. The predicted octanol–water partition coefficient (Wildman–Crippen LogP) is 3.16. The molecule has 7 heteroatoms. The van der Waals surface area contributed by atoms with E-state index in [-0.39, 0.29) is 17.4 Å². The Hall–Kier alpha value is -2.34. The summed E-state index contributed by atoms with van der Waals surface area (Å²) in [5.41, 5.74) is 0.446. The Labute approximate surface area is 169 Å². The van der Waals surface area contributed by atoms with Crippen molar-refractivity contribution in [3.63, 3.8) is 0 Å². The van der Waals surface area contributed by atoms with E-state index in [0.29, 0.717) is 16.8 Å². The number of nitrogens with zero attached hydrogens (tertiary/aromatic N) is 3. The number of carbonyl (C=O) groups is 1. The van der Waals surface area contributed by atoms with Crippen LogP contribution >= 0.6 is 11.6 Å². The van der Waals surface area contributed by atoms with Crippen molar-refractivity contribution in [1.82, 2.24) is 15.1 Å². The first-order valence-corrected chi connectivity index (χ1v) is 10.4. The quantitative estimate of drug-likeness (QED) is 0.856. The highest BCUT2D eigenvalue weighted by Crippen LogP contribution is 2.24. The van der Waals surface area contributed by atoms with Gasteiger partial charge in [0.1, 0.15) is 5.82 Å². The molecular formula is C21H25ClN4O2. The fourth-order valence-electron chi connectivity index (χ4n) is 4.12. The van der Waals surface area contributed by atoms with E-state index in [9.17, 15) is 9.59 Å². The van der Waals surface area contributed by atoms with Crippen LogP contribution in [0.3, 0.4) is 0 Å². The van der Waals surface area contributed by atoms with Crippen molar-refractivity contribution in [3.05, 3.63) is 51.8 Å². The molecule has 2 heterocycles. The fourth-order valence-corrected chi connectivity index (χ4v) is 4.31. The molecule has 2 aliphatic rings. The Morgan fingerprint density at radius 1 is 1.07 bits per heavy atom. The molecule has 1 N–H and O–H groups in total. The van der Waals surface area contributed by atoms with E-state index >= 15 is 0 Å². The number of aromatic nitrogens is 2. The van der Waals surface area contributed by atoms with Crippen molar-refractivity contribution in [2.75, 3.05) is 18.0 Å². The largest absolute Gasteiger partial charge is 0.355 e. The summed E-state index contributed by atoms with van der Waals surface area (Å²) in [6.45, 7) is 1.51. The summed E-state index contributed by atoms with van der Waals surface area (Å²) in [5, 5.41) is 8.31. The lowest BCUT2D eigenvalue weighted by Crippen LogP contribution is -2.43. The van der Waals surface area contributed by atoms with Crippen LogP contribution in [0.4, 0.5) is 5.82 Å². The van der Waals surface area contributed by atoms with Gasteiger partial charge in [-0.1, -0.05) is 30.5 Å². The zero-order valence-corrected chi connectivity index (χ0v) is 16.6. The molecule has 1 aliphatic heterocycles. The van der Waals surface area contributed by atoms with Crippen LogP contribution in [0.5, 0.6) is 0 Å². The molecule has 0 unspecified atom stereocenters. The number of anilines is 1. The van der Waals surface area contributed by atoms with Crippen LogP contribution in [0.15, 0.2) is 41.2 Å². The fraction of sp³-hybridized carbons (Fsp3) is 0.476. The summed E-state index contributed by atoms with van der Waals surface area (Å²) in [6, 6.07) is 10.7. The molecule has 1 saturated heterocycles. The molecule has 1 aliphatic carbocycles. The first-order chi connectivity index (χ1) is 13.6. The van der Waals surface area contributed by atoms with Crippen LogP contribution in [-0.2, 0) is 4.79 Å². The van der Waals surface area contributed by atoms with Gasteiger partial charge in [-0.05, 0) is 49.9 Å². The van der Waals surface area contributed by atoms with Gasteiger partial charge in [-0.15, -0.1) is 5.10 Å². The van der Waals surface area contributed by atoms with E-state index in [1.165, 1.54) is 23.6 Å². The molecule has 1 aromatic carbocycles. The van der Waals surface area contributed by atoms with Crippen LogP contribution in [-0.4, -0.2) is 34.8 Å². The molecule has 2 fully saturated rings. The summed E-state index contributed by atoms with van der Waals surface area (Å²) in [4.78, 5) is 26.9. The smallest absolute Gasteiger partial charge is 0.271 e. The summed E-state index contributed by atoms with van der Waals surface area (Å²) < 4.78 is 1.38. The zero-order valence-electron chi connectivity index (χ0n) is 15.8. The SMILES string of the molecule is O=C(NC1CCCC1)C1CCN(c2ccc(=O)n(-c3cccc(Cl)c3)n2)CC1. The van der Waals surface area contributed by atoms with Gasteiger partial charge < -0.3 is 10.2 Å². The molecule has 6 nitrogen and oxygen atoms in total. The number of nitrogens with one attached hydrogen (secondary N) is 1. The van der Waals surface area contributed by atoms with Crippen molar-refractivity contribution in [3.8, 4) is 5.69 Å². The van der Waals surface area contributed by atoms with Gasteiger partial charge in [0.15, 0.2) is 0 Å². The lowest BCUT2D eigenvalue weighted by Gasteiger charge is -2.32. The molecule has 0 spiro atoms. The molecule has 1 saturated carbocycles. The van der Waals surface area contributed by atoms with E-state index in [0.717, 1.165) is 44.6 Å². The lowest BCUT2D eigenvalue weighted by atomic mass is 9.95. The van der Waals surface area contributed by atoms with Crippen LogP contribution in [0.1, 0.15) is 38.5 Å². The Balaban J connectivity index is 1.42. The summed E-state index contributed by atoms with van der Waals surface area (Å²) in [5.74, 6) is 1.01. The molecule has 0 bridgehead atoms. The summed E-state index contributed by atoms with van der Waals surface area (Å²) in [6.07, 6.45) is 6.26. The van der Waals surface area contributed by atoms with E-state index < -0.39 is 0 Å². The highest BCUT2D eigenvalue weighted by molar-refractivity contribution is 6.30. The number of amides is 1. The molecule has 1 aromatic heterocycles. The van der Waals surface area contributed by atoms with Crippen molar-refractivity contribution in [2.45, 2.75) is 44.6 Å². The second-order valence-electron chi connectivity index (χ2n) is 7.67. The average Bonchev–Trinajstić information content (AvgIpc) is 3.21. The molecule has 0 atom stereocenters. The molecule has 4 rings (SSSR count). The molecule has 0 radical (unpaired) electrons. The zero-order chi connectivity index (χ0) is 19.5. The van der Waals surface area contributed by atoms with Crippen LogP contribution in [0.25, 0.3) is 5.69 Å². The van der Waals surface area contributed by atoms with Crippen molar-refractivity contribution < 1.29 is 4.79 Å². The molecule has 148 valence electrons. The maximum atomic E-state index is 12.5. The molecule has 2 aromatic rings. The van der Waals surface area contributed by atoms with Crippen LogP contribution in [0, 0.1) is 5.92 Å². The highest BCUT2D eigenvalue weighted by Gasteiger charge is 2.28. The summed E-state index contributed by atoms with van der Waals surface area (Å²) in [7, 11) is 0. The van der Waals surface area contributed by atoms with Gasteiger partial charge in [-0.25, -0.2) is 0 Å². The van der Waals surface area contributed by atoms with E-state index in [1.807, 2.05) is 6.07 Å². The van der Waals surface area contributed by atoms with Gasteiger partial charge in [0, 0.05) is 36.1 Å². The van der Waals surface area contributed by atoms with E-state index in [4.69, 9.17) is 11.6 Å². The van der Waals surface area contributed by atoms with Gasteiger partial charge >= 0.3 is 0 Å². The topological polar surface area (TPSA) is 67.2 Å².